The van der Waals surface area contributed by atoms with E-state index in [9.17, 15) is 13.6 Å². The van der Waals surface area contributed by atoms with Crippen molar-refractivity contribution in [1.82, 2.24) is 4.98 Å². The van der Waals surface area contributed by atoms with Crippen LogP contribution in [0.1, 0.15) is 17.6 Å². The maximum absolute atomic E-state index is 12.5. The Hall–Kier alpha value is -1.24. The first kappa shape index (κ1) is 12.8. The van der Waals surface area contributed by atoms with Crippen LogP contribution in [-0.2, 0) is 16.0 Å². The molecule has 0 aliphatic heterocycles. The Labute approximate surface area is 98.9 Å². The maximum atomic E-state index is 12.5. The van der Waals surface area contributed by atoms with Gasteiger partial charge in [-0.3, -0.25) is 4.79 Å². The highest BCUT2D eigenvalue weighted by Crippen LogP contribution is 2.32. The van der Waals surface area contributed by atoms with Crippen LogP contribution in [0.2, 0.25) is 0 Å². The molecule has 0 atom stereocenters. The summed E-state index contributed by atoms with van der Waals surface area (Å²) in [5, 5.41) is 0. The van der Waals surface area contributed by atoms with Crippen molar-refractivity contribution in [3.05, 3.63) is 21.8 Å². The Morgan fingerprint density at radius 1 is 1.69 bits per heavy atom. The molecular weight excluding hydrogens is 286 g/mol. The fourth-order valence-electron chi connectivity index (χ4n) is 1.10. The molecule has 0 unspecified atom stereocenters. The van der Waals surface area contributed by atoms with Crippen molar-refractivity contribution in [2.75, 3.05) is 12.8 Å². The van der Waals surface area contributed by atoms with E-state index >= 15 is 0 Å². The number of carbonyl (C=O) groups is 1. The average Bonchev–Trinajstić information content (AvgIpc) is 2.23. The molecule has 0 aromatic carbocycles. The molecule has 0 saturated carbocycles. The lowest BCUT2D eigenvalue weighted by Crippen LogP contribution is -2.10. The summed E-state index contributed by atoms with van der Waals surface area (Å²) in [4.78, 5) is 14.7. The number of alkyl halides is 2. The number of hydrogen-bond donors (Lipinski definition) is 1. The number of methoxy groups -OCH3 is 1. The van der Waals surface area contributed by atoms with E-state index in [2.05, 4.69) is 25.7 Å². The third-order valence-electron chi connectivity index (χ3n) is 1.95. The smallest absolute Gasteiger partial charge is 0.310 e. The van der Waals surface area contributed by atoms with Crippen LogP contribution in [0.3, 0.4) is 0 Å². The molecule has 0 saturated heterocycles. The van der Waals surface area contributed by atoms with Gasteiger partial charge in [0.1, 0.15) is 5.82 Å². The minimum absolute atomic E-state index is 0.0293. The van der Waals surface area contributed by atoms with E-state index in [1.807, 2.05) is 0 Å². The number of nitrogens with zero attached hydrogens (tertiary/aromatic N) is 1. The molecule has 0 aliphatic carbocycles. The molecule has 0 fully saturated rings. The first-order chi connectivity index (χ1) is 7.47. The zero-order valence-electron chi connectivity index (χ0n) is 8.34. The summed E-state index contributed by atoms with van der Waals surface area (Å²) in [6.45, 7) is 0. The molecule has 1 aromatic rings. The van der Waals surface area contributed by atoms with E-state index in [1.54, 1.807) is 0 Å². The van der Waals surface area contributed by atoms with Gasteiger partial charge in [-0.15, -0.1) is 0 Å². The van der Waals surface area contributed by atoms with Gasteiger partial charge in [0.2, 0.25) is 0 Å². The molecule has 0 aliphatic rings. The van der Waals surface area contributed by atoms with E-state index in [-0.39, 0.29) is 27.8 Å². The number of ether oxygens (including phenoxy) is 1. The van der Waals surface area contributed by atoms with E-state index in [0.29, 0.717) is 0 Å². The summed E-state index contributed by atoms with van der Waals surface area (Å²) in [6, 6.07) is 0. The lowest BCUT2D eigenvalue weighted by molar-refractivity contribution is -0.139. The highest BCUT2D eigenvalue weighted by molar-refractivity contribution is 9.10. The van der Waals surface area contributed by atoms with Crippen molar-refractivity contribution in [1.29, 1.82) is 0 Å². The Morgan fingerprint density at radius 2 is 2.31 bits per heavy atom. The third-order valence-corrected chi connectivity index (χ3v) is 2.89. The largest absolute Gasteiger partial charge is 0.469 e. The Morgan fingerprint density at radius 3 is 2.81 bits per heavy atom. The number of carbonyl (C=O) groups excluding carboxylic acids is 1. The summed E-state index contributed by atoms with van der Waals surface area (Å²) >= 11 is 2.98. The molecule has 2 N–H and O–H groups in total. The molecule has 7 heteroatoms. The Balaban J connectivity index is 3.16. The number of pyridine rings is 1. The maximum Gasteiger partial charge on any atom is 0.310 e. The van der Waals surface area contributed by atoms with Gasteiger partial charge in [0.05, 0.1) is 19.1 Å². The van der Waals surface area contributed by atoms with E-state index in [4.69, 9.17) is 5.73 Å². The summed E-state index contributed by atoms with van der Waals surface area (Å²) in [5.41, 5.74) is 5.41. The number of nitrogens with two attached hydrogens (primary N) is 1. The van der Waals surface area contributed by atoms with Crippen molar-refractivity contribution in [2.24, 2.45) is 0 Å². The fraction of sp³-hybridized carbons (Fsp3) is 0.333. The van der Waals surface area contributed by atoms with Gasteiger partial charge < -0.3 is 10.5 Å². The molecule has 0 radical (unpaired) electrons. The highest BCUT2D eigenvalue weighted by atomic mass is 79.9. The van der Waals surface area contributed by atoms with E-state index in [1.165, 1.54) is 7.11 Å². The summed E-state index contributed by atoms with van der Waals surface area (Å²) in [7, 11) is 1.21. The Bertz CT molecular complexity index is 413. The molecule has 0 amide bonds. The van der Waals surface area contributed by atoms with Crippen LogP contribution in [0.4, 0.5) is 14.6 Å². The van der Waals surface area contributed by atoms with Crippen molar-refractivity contribution < 1.29 is 18.3 Å². The molecule has 1 aromatic heterocycles. The van der Waals surface area contributed by atoms with Crippen molar-refractivity contribution in [3.63, 3.8) is 0 Å². The van der Waals surface area contributed by atoms with E-state index in [0.717, 1.165) is 6.20 Å². The molecule has 4 nitrogen and oxygen atoms in total. The van der Waals surface area contributed by atoms with E-state index < -0.39 is 12.4 Å². The quantitative estimate of drug-likeness (QED) is 0.867. The normalized spacial score (nSPS) is 10.6. The van der Waals surface area contributed by atoms with Crippen LogP contribution < -0.4 is 5.73 Å². The first-order valence-electron chi connectivity index (χ1n) is 4.25. The predicted molar refractivity (Wildman–Crippen MR) is 57.0 cm³/mol. The molecule has 1 heterocycles. The number of rotatable bonds is 3. The molecule has 1 rings (SSSR count). The van der Waals surface area contributed by atoms with Crippen LogP contribution in [0.15, 0.2) is 10.7 Å². The van der Waals surface area contributed by atoms with Gasteiger partial charge in [-0.1, -0.05) is 0 Å². The van der Waals surface area contributed by atoms with Crippen LogP contribution in [0.25, 0.3) is 0 Å². The van der Waals surface area contributed by atoms with Gasteiger partial charge in [-0.2, -0.15) is 0 Å². The summed E-state index contributed by atoms with van der Waals surface area (Å²) in [6.07, 6.45) is -1.90. The second-order valence-electron chi connectivity index (χ2n) is 2.94. The van der Waals surface area contributed by atoms with Crippen LogP contribution in [0, 0.1) is 0 Å². The molecule has 0 bridgehead atoms. The minimum Gasteiger partial charge on any atom is -0.469 e. The second kappa shape index (κ2) is 5.20. The summed E-state index contributed by atoms with van der Waals surface area (Å²) in [5.74, 6) is -0.540. The number of esters is 1. The standard InChI is InChI=1S/C9H9BrF2N2O2/c1-16-6(15)2-4-7(10)5(8(11)12)3-14-9(4)13/h3,8H,2H2,1H3,(H2,13,14). The SMILES string of the molecule is COC(=O)Cc1c(N)ncc(C(F)F)c1Br. The lowest BCUT2D eigenvalue weighted by atomic mass is 10.1. The van der Waals surface area contributed by atoms with Crippen molar-refractivity contribution >= 4 is 27.7 Å². The second-order valence-corrected chi connectivity index (χ2v) is 3.74. The topological polar surface area (TPSA) is 65.2 Å². The average molecular weight is 295 g/mol. The monoisotopic (exact) mass is 294 g/mol. The molecule has 0 spiro atoms. The zero-order chi connectivity index (χ0) is 12.3. The number of aromatic nitrogens is 1. The van der Waals surface area contributed by atoms with Gasteiger partial charge in [0.15, 0.2) is 0 Å². The fourth-order valence-corrected chi connectivity index (χ4v) is 1.72. The van der Waals surface area contributed by atoms with Gasteiger partial charge in [0.25, 0.3) is 6.43 Å². The predicted octanol–water partition coefficient (Wildman–Crippen LogP) is 2.08. The highest BCUT2D eigenvalue weighted by Gasteiger charge is 2.19. The van der Waals surface area contributed by atoms with Crippen LogP contribution >= 0.6 is 15.9 Å². The molecular formula is C9H9BrF2N2O2. The van der Waals surface area contributed by atoms with Gasteiger partial charge in [-0.25, -0.2) is 13.8 Å². The molecule has 16 heavy (non-hydrogen) atoms. The van der Waals surface area contributed by atoms with Crippen molar-refractivity contribution in [3.8, 4) is 0 Å². The van der Waals surface area contributed by atoms with Gasteiger partial charge in [0, 0.05) is 16.2 Å². The number of hydrogen-bond acceptors (Lipinski definition) is 4. The first-order valence-corrected chi connectivity index (χ1v) is 5.04. The zero-order valence-corrected chi connectivity index (χ0v) is 9.92. The lowest BCUT2D eigenvalue weighted by Gasteiger charge is -2.10. The number of nitrogen functional groups attached to an aromatic ring is 1. The number of halogens is 3. The third kappa shape index (κ3) is 2.66. The van der Waals surface area contributed by atoms with Gasteiger partial charge in [-0.05, 0) is 15.9 Å². The van der Waals surface area contributed by atoms with Crippen molar-refractivity contribution in [2.45, 2.75) is 12.8 Å². The van der Waals surface area contributed by atoms with Crippen LogP contribution in [-0.4, -0.2) is 18.1 Å². The molecule has 88 valence electrons. The van der Waals surface area contributed by atoms with Gasteiger partial charge >= 0.3 is 5.97 Å². The van der Waals surface area contributed by atoms with Crippen LogP contribution in [0.5, 0.6) is 0 Å². The summed E-state index contributed by atoms with van der Waals surface area (Å²) < 4.78 is 29.6. The minimum atomic E-state index is -2.68. The number of anilines is 1. The Kier molecular flexibility index (Phi) is 4.17.